The number of anilines is 1. The van der Waals surface area contributed by atoms with Crippen LogP contribution < -0.4 is 26.9 Å². The van der Waals surface area contributed by atoms with Crippen LogP contribution >= 0.6 is 0 Å². The zero-order valence-electron chi connectivity index (χ0n) is 10.1. The molecule has 0 saturated heterocycles. The molecule has 0 aliphatic carbocycles. The van der Waals surface area contributed by atoms with Crippen LogP contribution in [0.5, 0.6) is 0 Å². The number of rotatable bonds is 4. The number of benzene rings is 1. The molecular formula is C14H19IN-. The van der Waals surface area contributed by atoms with E-state index in [4.69, 9.17) is 5.73 Å². The number of hydrogen-bond donors (Lipinski definition) is 1. The van der Waals surface area contributed by atoms with Crippen molar-refractivity contribution in [1.82, 2.24) is 0 Å². The molecule has 1 nitrogen and oxygen atoms in total. The molecule has 88 valence electrons. The van der Waals surface area contributed by atoms with Crippen molar-refractivity contribution in [3.05, 3.63) is 52.1 Å². The summed E-state index contributed by atoms with van der Waals surface area (Å²) in [5, 5.41) is 0. The second-order valence-corrected chi connectivity index (χ2v) is 8.25. The van der Waals surface area contributed by atoms with Gasteiger partial charge in [0.2, 0.25) is 0 Å². The predicted molar refractivity (Wildman–Crippen MR) is 68.0 cm³/mol. The monoisotopic (exact) mass is 328 g/mol. The Bertz CT molecular complexity index is 405. The molecule has 0 radical (unpaired) electrons. The third-order valence-corrected chi connectivity index (χ3v) is 5.36. The first-order valence-electron chi connectivity index (χ1n) is 5.26. The van der Waals surface area contributed by atoms with Gasteiger partial charge < -0.3 is 0 Å². The van der Waals surface area contributed by atoms with Gasteiger partial charge in [-0.3, -0.25) is 0 Å². The van der Waals surface area contributed by atoms with Crippen LogP contribution in [0, 0.1) is 6.92 Å². The van der Waals surface area contributed by atoms with Crippen molar-refractivity contribution in [2.24, 2.45) is 0 Å². The van der Waals surface area contributed by atoms with Crippen LogP contribution in [-0.4, -0.2) is 0 Å². The average molecular weight is 328 g/mol. The van der Waals surface area contributed by atoms with Crippen molar-refractivity contribution in [1.29, 1.82) is 0 Å². The summed E-state index contributed by atoms with van der Waals surface area (Å²) < 4.78 is 2.48. The molecule has 0 aliphatic rings. The maximum absolute atomic E-state index is 5.86. The molecule has 0 amide bonds. The zero-order valence-corrected chi connectivity index (χ0v) is 12.3. The van der Waals surface area contributed by atoms with E-state index in [1.807, 2.05) is 18.2 Å². The molecule has 0 unspecified atom stereocenters. The fraction of sp³-hybridized carbons (Fsp3) is 0.286. The first-order chi connectivity index (χ1) is 7.47. The summed E-state index contributed by atoms with van der Waals surface area (Å²) in [6.45, 7) is 10.4. The van der Waals surface area contributed by atoms with Crippen LogP contribution in [0.1, 0.15) is 25.0 Å². The Morgan fingerprint density at radius 2 is 2.06 bits per heavy atom. The Balaban J connectivity index is 3.00. The first kappa shape index (κ1) is 13.3. The van der Waals surface area contributed by atoms with Gasteiger partial charge in [-0.2, -0.15) is 0 Å². The summed E-state index contributed by atoms with van der Waals surface area (Å²) in [5.41, 5.74) is 9.40. The van der Waals surface area contributed by atoms with Gasteiger partial charge in [0.25, 0.3) is 0 Å². The van der Waals surface area contributed by atoms with E-state index in [9.17, 15) is 0 Å². The van der Waals surface area contributed by atoms with E-state index in [0.717, 1.165) is 5.69 Å². The molecule has 1 aromatic rings. The van der Waals surface area contributed by atoms with E-state index in [1.165, 1.54) is 11.1 Å². The van der Waals surface area contributed by atoms with Crippen molar-refractivity contribution in [3.8, 4) is 0 Å². The fourth-order valence-corrected chi connectivity index (χ4v) is 3.90. The molecule has 16 heavy (non-hydrogen) atoms. The molecular weight excluding hydrogens is 309 g/mol. The van der Waals surface area contributed by atoms with E-state index in [2.05, 4.69) is 43.6 Å². The fourth-order valence-electron chi connectivity index (χ4n) is 1.58. The van der Waals surface area contributed by atoms with Gasteiger partial charge in [-0.25, -0.2) is 0 Å². The molecule has 2 N–H and O–H groups in total. The van der Waals surface area contributed by atoms with E-state index in [-0.39, 0.29) is 24.6 Å². The molecule has 0 bridgehead atoms. The number of allylic oxidation sites excluding steroid dienone is 2. The molecule has 0 saturated carbocycles. The molecule has 0 spiro atoms. The normalized spacial score (nSPS) is 12.2. The van der Waals surface area contributed by atoms with Crippen molar-refractivity contribution >= 4 is 5.69 Å². The van der Waals surface area contributed by atoms with Crippen molar-refractivity contribution in [3.63, 3.8) is 0 Å². The van der Waals surface area contributed by atoms with Crippen LogP contribution in [0.4, 0.5) is 5.69 Å². The minimum atomic E-state index is -0.0435. The number of nitrogens with two attached hydrogens (primary N) is 1. The Kier molecular flexibility index (Phi) is 4.59. The molecule has 0 aliphatic heterocycles. The zero-order chi connectivity index (χ0) is 12.2. The Labute approximate surface area is 109 Å². The SMILES string of the molecule is C=C/C=C/[I-]C(C)(C)c1cc(N)ccc1C. The minimum absolute atomic E-state index is 0.0435. The summed E-state index contributed by atoms with van der Waals surface area (Å²) in [6.07, 6.45) is 3.87. The van der Waals surface area contributed by atoms with Crippen molar-refractivity contribution < 1.29 is 21.2 Å². The van der Waals surface area contributed by atoms with Gasteiger partial charge in [0.15, 0.2) is 0 Å². The van der Waals surface area contributed by atoms with Gasteiger partial charge in [-0.1, -0.05) is 0 Å². The first-order valence-corrected chi connectivity index (χ1v) is 7.58. The van der Waals surface area contributed by atoms with Crippen LogP contribution in [0.3, 0.4) is 0 Å². The van der Waals surface area contributed by atoms with E-state index >= 15 is 0 Å². The van der Waals surface area contributed by atoms with Gasteiger partial charge in [-0.15, -0.1) is 0 Å². The average Bonchev–Trinajstić information content (AvgIpc) is 2.22. The quantitative estimate of drug-likeness (QED) is 0.373. The number of hydrogen-bond acceptors (Lipinski definition) is 1. The molecule has 0 heterocycles. The Hall–Kier alpha value is -0.770. The second kappa shape index (κ2) is 5.53. The van der Waals surface area contributed by atoms with Crippen molar-refractivity contribution in [2.45, 2.75) is 24.2 Å². The number of nitrogen functional groups attached to an aromatic ring is 1. The molecule has 0 fully saturated rings. The molecule has 1 rings (SSSR count). The summed E-state index contributed by atoms with van der Waals surface area (Å²) >= 11 is -0.0435. The standard InChI is InChI=1S/C14H19IN/c1-5-6-9-15-14(3,4)13-10-12(16)8-7-11(13)2/h5-10H,1,16H2,2-4H3/q-1/b9-6+. The predicted octanol–water partition coefficient (Wildman–Crippen LogP) is 0.601. The van der Waals surface area contributed by atoms with Crippen LogP contribution in [0.15, 0.2) is 41.0 Å². The maximum atomic E-state index is 5.86. The van der Waals surface area contributed by atoms with Gasteiger partial charge in [0, 0.05) is 0 Å². The van der Waals surface area contributed by atoms with Gasteiger partial charge >= 0.3 is 109 Å². The number of halogens is 1. The summed E-state index contributed by atoms with van der Waals surface area (Å²) in [7, 11) is 0. The van der Waals surface area contributed by atoms with Gasteiger partial charge in [0.05, 0.1) is 0 Å². The third-order valence-electron chi connectivity index (χ3n) is 2.45. The second-order valence-electron chi connectivity index (χ2n) is 4.21. The van der Waals surface area contributed by atoms with E-state index in [1.54, 1.807) is 0 Å². The number of aryl methyl sites for hydroxylation is 1. The van der Waals surface area contributed by atoms with Crippen LogP contribution in [0.2, 0.25) is 0 Å². The van der Waals surface area contributed by atoms with Crippen LogP contribution in [0.25, 0.3) is 0 Å². The molecule has 0 aromatic heterocycles. The van der Waals surface area contributed by atoms with Gasteiger partial charge in [0.1, 0.15) is 0 Å². The Morgan fingerprint density at radius 1 is 1.38 bits per heavy atom. The molecule has 2 heteroatoms. The van der Waals surface area contributed by atoms with E-state index < -0.39 is 0 Å². The molecule has 1 aromatic carbocycles. The molecule has 0 atom stereocenters. The summed E-state index contributed by atoms with van der Waals surface area (Å²) in [4.78, 5) is 0. The summed E-state index contributed by atoms with van der Waals surface area (Å²) in [5.74, 6) is 0. The summed E-state index contributed by atoms with van der Waals surface area (Å²) in [6, 6.07) is 6.18. The topological polar surface area (TPSA) is 26.0 Å². The third kappa shape index (κ3) is 3.37. The van der Waals surface area contributed by atoms with Crippen LogP contribution in [-0.2, 0) is 3.42 Å². The van der Waals surface area contributed by atoms with Gasteiger partial charge in [-0.05, 0) is 0 Å². The number of alkyl halides is 1. The van der Waals surface area contributed by atoms with E-state index in [0.29, 0.717) is 0 Å². The Morgan fingerprint density at radius 3 is 2.69 bits per heavy atom. The van der Waals surface area contributed by atoms with Crippen molar-refractivity contribution in [2.75, 3.05) is 5.73 Å².